The third-order valence-electron chi connectivity index (χ3n) is 4.53. The third-order valence-corrected chi connectivity index (χ3v) is 4.53. The summed E-state index contributed by atoms with van der Waals surface area (Å²) < 4.78 is 5.23. The van der Waals surface area contributed by atoms with Gasteiger partial charge in [-0.2, -0.15) is 0 Å². The zero-order valence-corrected chi connectivity index (χ0v) is 8.72. The number of rotatable bonds is 2. The van der Waals surface area contributed by atoms with Gasteiger partial charge in [0.15, 0.2) is 0 Å². The minimum Gasteiger partial charge on any atom is -0.384 e. The second-order valence-corrected chi connectivity index (χ2v) is 5.10. The number of ketones is 1. The molecule has 0 spiro atoms. The van der Waals surface area contributed by atoms with E-state index in [0.29, 0.717) is 18.3 Å². The van der Waals surface area contributed by atoms with Crippen molar-refractivity contribution in [3.8, 4) is 0 Å². The molecular weight excluding hydrogens is 164 g/mol. The fraction of sp³-hybridized carbons (Fsp3) is 0.909. The first-order chi connectivity index (χ1) is 6.04. The SMILES string of the molecule is COC[C@@]12CC[C@@H](CC1=O)C2(C)C. The van der Waals surface area contributed by atoms with E-state index in [-0.39, 0.29) is 10.8 Å². The van der Waals surface area contributed by atoms with Crippen LogP contribution in [0.2, 0.25) is 0 Å². The molecule has 2 aliphatic carbocycles. The topological polar surface area (TPSA) is 26.3 Å². The number of carbonyl (C=O) groups excluding carboxylic acids is 1. The van der Waals surface area contributed by atoms with Crippen molar-refractivity contribution in [2.75, 3.05) is 13.7 Å². The molecule has 0 aliphatic heterocycles. The molecule has 2 fully saturated rings. The highest BCUT2D eigenvalue weighted by Crippen LogP contribution is 2.63. The molecule has 0 aromatic carbocycles. The zero-order chi connectivity index (χ0) is 9.69. The average Bonchev–Trinajstić information content (AvgIpc) is 2.38. The van der Waals surface area contributed by atoms with Crippen molar-refractivity contribution in [3.05, 3.63) is 0 Å². The van der Waals surface area contributed by atoms with Crippen LogP contribution in [0.4, 0.5) is 0 Å². The molecule has 2 saturated carbocycles. The van der Waals surface area contributed by atoms with Gasteiger partial charge in [0, 0.05) is 13.5 Å². The molecule has 0 heterocycles. The molecule has 2 bridgehead atoms. The Hall–Kier alpha value is -0.370. The molecule has 2 nitrogen and oxygen atoms in total. The Bertz CT molecular complexity index is 244. The summed E-state index contributed by atoms with van der Waals surface area (Å²) in [5.41, 5.74) is 0.0203. The predicted octanol–water partition coefficient (Wildman–Crippen LogP) is 2.03. The van der Waals surface area contributed by atoms with E-state index < -0.39 is 0 Å². The van der Waals surface area contributed by atoms with Crippen LogP contribution in [0, 0.1) is 16.7 Å². The van der Waals surface area contributed by atoms with E-state index in [1.807, 2.05) is 0 Å². The van der Waals surface area contributed by atoms with Gasteiger partial charge >= 0.3 is 0 Å². The fourth-order valence-electron chi connectivity index (χ4n) is 3.35. The molecule has 13 heavy (non-hydrogen) atoms. The minimum atomic E-state index is -0.146. The molecule has 2 atom stereocenters. The van der Waals surface area contributed by atoms with Crippen molar-refractivity contribution in [2.45, 2.75) is 33.1 Å². The predicted molar refractivity (Wildman–Crippen MR) is 50.4 cm³/mol. The first-order valence-electron chi connectivity index (χ1n) is 5.07. The summed E-state index contributed by atoms with van der Waals surface area (Å²) in [5.74, 6) is 1.05. The van der Waals surface area contributed by atoms with Crippen LogP contribution < -0.4 is 0 Å². The Balaban J connectivity index is 2.37. The highest BCUT2D eigenvalue weighted by atomic mass is 16.5. The lowest BCUT2D eigenvalue weighted by Crippen LogP contribution is -2.39. The summed E-state index contributed by atoms with van der Waals surface area (Å²) in [4.78, 5) is 11.9. The summed E-state index contributed by atoms with van der Waals surface area (Å²) >= 11 is 0. The van der Waals surface area contributed by atoms with Gasteiger partial charge < -0.3 is 4.74 Å². The number of fused-ring (bicyclic) bond motifs is 2. The van der Waals surface area contributed by atoms with E-state index in [1.165, 1.54) is 6.42 Å². The van der Waals surface area contributed by atoms with E-state index >= 15 is 0 Å². The number of ether oxygens (including phenoxy) is 1. The largest absolute Gasteiger partial charge is 0.384 e. The standard InChI is InChI=1S/C11H18O2/c1-10(2)8-4-5-11(10,7-13-3)9(12)6-8/h8H,4-7H2,1-3H3/t8-,11-/m0/s1. The van der Waals surface area contributed by atoms with Crippen molar-refractivity contribution < 1.29 is 9.53 Å². The first-order valence-corrected chi connectivity index (χ1v) is 5.07. The maximum Gasteiger partial charge on any atom is 0.142 e. The molecule has 0 aromatic rings. The van der Waals surface area contributed by atoms with Crippen LogP contribution in [0.1, 0.15) is 33.1 Å². The number of carbonyl (C=O) groups is 1. The van der Waals surface area contributed by atoms with Crippen LogP contribution in [0.3, 0.4) is 0 Å². The Morgan fingerprint density at radius 2 is 2.23 bits per heavy atom. The highest BCUT2D eigenvalue weighted by Gasteiger charge is 2.63. The van der Waals surface area contributed by atoms with Crippen LogP contribution in [0.5, 0.6) is 0 Å². The Morgan fingerprint density at radius 3 is 2.62 bits per heavy atom. The lowest BCUT2D eigenvalue weighted by atomic mass is 9.69. The number of hydrogen-bond donors (Lipinski definition) is 0. The highest BCUT2D eigenvalue weighted by molar-refractivity contribution is 5.89. The van der Waals surface area contributed by atoms with Gasteiger partial charge in [-0.15, -0.1) is 0 Å². The van der Waals surface area contributed by atoms with E-state index in [9.17, 15) is 4.79 Å². The lowest BCUT2D eigenvalue weighted by Gasteiger charge is -2.35. The van der Waals surface area contributed by atoms with Crippen LogP contribution in [0.25, 0.3) is 0 Å². The van der Waals surface area contributed by atoms with Gasteiger partial charge in [-0.25, -0.2) is 0 Å². The maximum atomic E-state index is 11.9. The molecule has 0 aromatic heterocycles. The van der Waals surface area contributed by atoms with E-state index in [4.69, 9.17) is 4.74 Å². The molecule has 0 saturated heterocycles. The molecule has 2 heteroatoms. The Morgan fingerprint density at radius 1 is 1.54 bits per heavy atom. The number of methoxy groups -OCH3 is 1. The molecule has 2 aliphatic rings. The van der Waals surface area contributed by atoms with E-state index in [2.05, 4.69) is 13.8 Å². The molecule has 0 N–H and O–H groups in total. The van der Waals surface area contributed by atoms with Crippen molar-refractivity contribution in [2.24, 2.45) is 16.7 Å². The van der Waals surface area contributed by atoms with Crippen molar-refractivity contribution in [1.82, 2.24) is 0 Å². The summed E-state index contributed by atoms with van der Waals surface area (Å²) in [6, 6.07) is 0. The van der Waals surface area contributed by atoms with Crippen molar-refractivity contribution >= 4 is 5.78 Å². The fourth-order valence-corrected chi connectivity index (χ4v) is 3.35. The van der Waals surface area contributed by atoms with Crippen LogP contribution in [0.15, 0.2) is 0 Å². The van der Waals surface area contributed by atoms with Crippen LogP contribution >= 0.6 is 0 Å². The van der Waals surface area contributed by atoms with Gasteiger partial charge in [0.1, 0.15) is 5.78 Å². The molecule has 74 valence electrons. The Kier molecular flexibility index (Phi) is 1.82. The molecular formula is C11H18O2. The van der Waals surface area contributed by atoms with Crippen molar-refractivity contribution in [3.63, 3.8) is 0 Å². The van der Waals surface area contributed by atoms with Gasteiger partial charge in [-0.05, 0) is 24.2 Å². The van der Waals surface area contributed by atoms with Crippen molar-refractivity contribution in [1.29, 1.82) is 0 Å². The molecule has 2 rings (SSSR count). The average molecular weight is 182 g/mol. The smallest absolute Gasteiger partial charge is 0.142 e. The van der Waals surface area contributed by atoms with Gasteiger partial charge in [-0.1, -0.05) is 13.8 Å². The van der Waals surface area contributed by atoms with Crippen LogP contribution in [-0.2, 0) is 9.53 Å². The lowest BCUT2D eigenvalue weighted by molar-refractivity contribution is -0.133. The third kappa shape index (κ3) is 0.899. The van der Waals surface area contributed by atoms with Gasteiger partial charge in [-0.3, -0.25) is 4.79 Å². The normalized spacial score (nSPS) is 41.5. The van der Waals surface area contributed by atoms with Gasteiger partial charge in [0.05, 0.1) is 12.0 Å². The summed E-state index contributed by atoms with van der Waals surface area (Å²) in [7, 11) is 1.70. The Labute approximate surface area is 79.7 Å². The molecule has 0 radical (unpaired) electrons. The van der Waals surface area contributed by atoms with Crippen LogP contribution in [-0.4, -0.2) is 19.5 Å². The molecule has 0 amide bonds. The number of Topliss-reactive ketones (excluding diaryl/α,β-unsaturated/α-hetero) is 1. The summed E-state index contributed by atoms with van der Waals surface area (Å²) in [6.45, 7) is 5.08. The zero-order valence-electron chi connectivity index (χ0n) is 8.72. The summed E-state index contributed by atoms with van der Waals surface area (Å²) in [6.07, 6.45) is 3.04. The summed E-state index contributed by atoms with van der Waals surface area (Å²) in [5, 5.41) is 0. The number of hydrogen-bond acceptors (Lipinski definition) is 2. The monoisotopic (exact) mass is 182 g/mol. The van der Waals surface area contributed by atoms with Gasteiger partial charge in [0.2, 0.25) is 0 Å². The molecule has 0 unspecified atom stereocenters. The quantitative estimate of drug-likeness (QED) is 0.653. The minimum absolute atomic E-state index is 0.146. The second kappa shape index (κ2) is 2.57. The second-order valence-electron chi connectivity index (χ2n) is 5.10. The van der Waals surface area contributed by atoms with E-state index in [0.717, 1.165) is 12.8 Å². The van der Waals surface area contributed by atoms with Gasteiger partial charge in [0.25, 0.3) is 0 Å². The van der Waals surface area contributed by atoms with E-state index in [1.54, 1.807) is 7.11 Å². The maximum absolute atomic E-state index is 11.9. The first kappa shape index (κ1) is 9.20.